The molecule has 1 fully saturated rings. The molecule has 1 heterocycles. The van der Waals surface area contributed by atoms with E-state index in [1.54, 1.807) is 0 Å². The summed E-state index contributed by atoms with van der Waals surface area (Å²) >= 11 is 0. The van der Waals surface area contributed by atoms with Crippen molar-refractivity contribution in [1.82, 2.24) is 4.98 Å². The molecule has 0 aromatic carbocycles. The first kappa shape index (κ1) is 15.0. The molecule has 1 saturated carbocycles. The topological polar surface area (TPSA) is 59.4 Å². The summed E-state index contributed by atoms with van der Waals surface area (Å²) in [4.78, 5) is 16.0. The molecule has 4 nitrogen and oxygen atoms in total. The van der Waals surface area contributed by atoms with E-state index in [0.717, 1.165) is 37.1 Å². The smallest absolute Gasteiger partial charge is 0.308 e. The molecule has 0 bridgehead atoms. The second-order valence-corrected chi connectivity index (χ2v) is 5.64. The summed E-state index contributed by atoms with van der Waals surface area (Å²) in [5.41, 5.74) is 1.76. The average molecular weight is 277 g/mol. The van der Waals surface area contributed by atoms with Gasteiger partial charge in [-0.3, -0.25) is 9.78 Å². The molecule has 0 aliphatic heterocycles. The Kier molecular flexibility index (Phi) is 5.12. The van der Waals surface area contributed by atoms with Crippen molar-refractivity contribution in [3.63, 3.8) is 0 Å². The number of hydrogen-bond acceptors (Lipinski definition) is 4. The van der Waals surface area contributed by atoms with Gasteiger partial charge in [-0.15, -0.1) is 0 Å². The summed E-state index contributed by atoms with van der Waals surface area (Å²) in [6.45, 7) is 2.17. The molecule has 1 unspecified atom stereocenters. The van der Waals surface area contributed by atoms with Gasteiger partial charge in [0, 0.05) is 11.6 Å². The second-order valence-electron chi connectivity index (χ2n) is 5.64. The van der Waals surface area contributed by atoms with E-state index in [-0.39, 0.29) is 18.5 Å². The van der Waals surface area contributed by atoms with Crippen LogP contribution >= 0.6 is 0 Å². The Morgan fingerprint density at radius 2 is 2.10 bits per heavy atom. The highest BCUT2D eigenvalue weighted by Crippen LogP contribution is 2.37. The van der Waals surface area contributed by atoms with Gasteiger partial charge in [-0.1, -0.05) is 13.0 Å². The number of rotatable bonds is 4. The fourth-order valence-electron chi connectivity index (χ4n) is 3.10. The highest BCUT2D eigenvalue weighted by Gasteiger charge is 2.30. The van der Waals surface area contributed by atoms with E-state index in [9.17, 15) is 4.79 Å². The van der Waals surface area contributed by atoms with Crippen molar-refractivity contribution in [2.45, 2.75) is 45.1 Å². The van der Waals surface area contributed by atoms with E-state index in [4.69, 9.17) is 9.84 Å². The van der Waals surface area contributed by atoms with Crippen molar-refractivity contribution >= 4 is 5.97 Å². The summed E-state index contributed by atoms with van der Waals surface area (Å²) in [5.74, 6) is 0.911. The van der Waals surface area contributed by atoms with Gasteiger partial charge in [-0.2, -0.15) is 0 Å². The van der Waals surface area contributed by atoms with Gasteiger partial charge in [0.2, 0.25) is 0 Å². The van der Waals surface area contributed by atoms with Gasteiger partial charge in [-0.25, -0.2) is 0 Å². The summed E-state index contributed by atoms with van der Waals surface area (Å²) in [5, 5.41) is 9.16. The summed E-state index contributed by atoms with van der Waals surface area (Å²) < 4.78 is 4.82. The monoisotopic (exact) mass is 277 g/mol. The molecule has 1 aliphatic carbocycles. The van der Waals surface area contributed by atoms with Crippen molar-refractivity contribution in [3.05, 3.63) is 29.6 Å². The maximum Gasteiger partial charge on any atom is 0.308 e. The Labute approximate surface area is 120 Å². The fraction of sp³-hybridized carbons (Fsp3) is 0.625. The van der Waals surface area contributed by atoms with Crippen LogP contribution in [0, 0.1) is 11.8 Å². The van der Waals surface area contributed by atoms with Crippen LogP contribution in [-0.4, -0.2) is 23.2 Å². The van der Waals surface area contributed by atoms with Crippen molar-refractivity contribution < 1.29 is 14.6 Å². The number of carbonyl (C=O) groups is 1. The molecule has 1 aromatic rings. The third-order valence-electron chi connectivity index (χ3n) is 4.47. The number of methoxy groups -OCH3 is 1. The van der Waals surface area contributed by atoms with E-state index in [0.29, 0.717) is 11.8 Å². The van der Waals surface area contributed by atoms with Crippen LogP contribution in [0.25, 0.3) is 0 Å². The molecule has 4 heteroatoms. The number of hydrogen-bond donors (Lipinski definition) is 1. The molecule has 0 amide bonds. The lowest BCUT2D eigenvalue weighted by molar-refractivity contribution is -0.146. The highest BCUT2D eigenvalue weighted by molar-refractivity contribution is 5.72. The predicted molar refractivity (Wildman–Crippen MR) is 76.0 cm³/mol. The van der Waals surface area contributed by atoms with Gasteiger partial charge in [-0.05, 0) is 43.7 Å². The summed E-state index contributed by atoms with van der Waals surface area (Å²) in [7, 11) is 1.46. The Bertz CT molecular complexity index is 453. The van der Waals surface area contributed by atoms with E-state index >= 15 is 0 Å². The number of aliphatic hydroxyl groups excluding tert-OH is 1. The zero-order valence-electron chi connectivity index (χ0n) is 12.2. The largest absolute Gasteiger partial charge is 0.469 e. The normalized spacial score (nSPS) is 24.1. The van der Waals surface area contributed by atoms with Gasteiger partial charge in [0.1, 0.15) is 0 Å². The third kappa shape index (κ3) is 3.37. The number of carbonyl (C=O) groups excluding carboxylic acids is 1. The second kappa shape index (κ2) is 6.84. The highest BCUT2D eigenvalue weighted by atomic mass is 16.5. The van der Waals surface area contributed by atoms with Crippen molar-refractivity contribution in [2.24, 2.45) is 11.8 Å². The number of esters is 1. The zero-order chi connectivity index (χ0) is 14.5. The molecule has 1 aromatic heterocycles. The van der Waals surface area contributed by atoms with Gasteiger partial charge in [0.15, 0.2) is 0 Å². The van der Waals surface area contributed by atoms with E-state index < -0.39 is 0 Å². The first-order valence-corrected chi connectivity index (χ1v) is 7.30. The van der Waals surface area contributed by atoms with Crippen LogP contribution in [0.15, 0.2) is 18.2 Å². The predicted octanol–water partition coefficient (Wildman–Crippen LogP) is 2.66. The van der Waals surface area contributed by atoms with Crippen LogP contribution in [0.3, 0.4) is 0 Å². The number of aliphatic hydroxyl groups is 1. The SMILES string of the molecule is COC(=O)C1CCC(C(C)c2cccc(CO)n2)CC1. The van der Waals surface area contributed by atoms with Crippen LogP contribution in [0.1, 0.15) is 49.9 Å². The van der Waals surface area contributed by atoms with Crippen LogP contribution in [0.2, 0.25) is 0 Å². The Morgan fingerprint density at radius 3 is 2.70 bits per heavy atom. The van der Waals surface area contributed by atoms with E-state index in [1.165, 1.54) is 7.11 Å². The molecule has 1 aliphatic rings. The molecule has 1 N–H and O–H groups in total. The maximum absolute atomic E-state index is 11.5. The number of nitrogens with zero attached hydrogens (tertiary/aromatic N) is 1. The van der Waals surface area contributed by atoms with Gasteiger partial charge in [0.05, 0.1) is 25.3 Å². The van der Waals surface area contributed by atoms with Crippen LogP contribution in [0.5, 0.6) is 0 Å². The Balaban J connectivity index is 1.97. The van der Waals surface area contributed by atoms with Gasteiger partial charge >= 0.3 is 5.97 Å². The number of pyridine rings is 1. The van der Waals surface area contributed by atoms with Crippen molar-refractivity contribution in [3.8, 4) is 0 Å². The Morgan fingerprint density at radius 1 is 1.40 bits per heavy atom. The van der Waals surface area contributed by atoms with E-state index in [1.807, 2.05) is 18.2 Å². The first-order chi connectivity index (χ1) is 9.65. The minimum absolute atomic E-state index is 0.0182. The maximum atomic E-state index is 11.5. The first-order valence-electron chi connectivity index (χ1n) is 7.30. The van der Waals surface area contributed by atoms with Gasteiger partial charge in [0.25, 0.3) is 0 Å². The average Bonchev–Trinajstić information content (AvgIpc) is 2.53. The zero-order valence-corrected chi connectivity index (χ0v) is 12.2. The molecule has 0 radical (unpaired) electrons. The lowest BCUT2D eigenvalue weighted by atomic mass is 9.75. The lowest BCUT2D eigenvalue weighted by Crippen LogP contribution is -2.25. The minimum atomic E-state index is -0.0727. The molecule has 1 atom stereocenters. The number of aromatic nitrogens is 1. The fourth-order valence-corrected chi connectivity index (χ4v) is 3.10. The van der Waals surface area contributed by atoms with E-state index in [2.05, 4.69) is 11.9 Å². The van der Waals surface area contributed by atoms with Gasteiger partial charge < -0.3 is 9.84 Å². The quantitative estimate of drug-likeness (QED) is 0.860. The molecule has 0 spiro atoms. The summed E-state index contributed by atoms with van der Waals surface area (Å²) in [6.07, 6.45) is 3.88. The molecule has 110 valence electrons. The van der Waals surface area contributed by atoms with Crippen molar-refractivity contribution in [2.75, 3.05) is 7.11 Å². The summed E-state index contributed by atoms with van der Waals surface area (Å²) in [6, 6.07) is 5.81. The van der Waals surface area contributed by atoms with Crippen LogP contribution < -0.4 is 0 Å². The minimum Gasteiger partial charge on any atom is -0.469 e. The third-order valence-corrected chi connectivity index (χ3v) is 4.47. The lowest BCUT2D eigenvalue weighted by Gasteiger charge is -2.31. The van der Waals surface area contributed by atoms with Crippen LogP contribution in [0.4, 0.5) is 0 Å². The molecule has 2 rings (SSSR count). The van der Waals surface area contributed by atoms with Crippen molar-refractivity contribution in [1.29, 1.82) is 0 Å². The molecule has 0 saturated heterocycles. The molecule has 20 heavy (non-hydrogen) atoms. The Hall–Kier alpha value is -1.42. The molecular weight excluding hydrogens is 254 g/mol. The van der Waals surface area contributed by atoms with Crippen LogP contribution in [-0.2, 0) is 16.1 Å². The number of ether oxygens (including phenoxy) is 1. The standard InChI is InChI=1S/C16H23NO3/c1-11(15-5-3-4-14(10-18)17-15)12-6-8-13(9-7-12)16(19)20-2/h3-5,11-13,18H,6-10H2,1-2H3. The molecular formula is C16H23NO3.